The van der Waals surface area contributed by atoms with Gasteiger partial charge in [-0.3, -0.25) is 4.79 Å². The lowest BCUT2D eigenvalue weighted by Crippen LogP contribution is -2.59. The molecular formula is C12H23N3O. The molecule has 1 saturated carbocycles. The van der Waals surface area contributed by atoms with Gasteiger partial charge in [0.1, 0.15) is 0 Å². The molecule has 1 unspecified atom stereocenters. The number of piperazine rings is 1. The summed E-state index contributed by atoms with van der Waals surface area (Å²) in [6.07, 6.45) is 6.05. The van der Waals surface area contributed by atoms with E-state index >= 15 is 0 Å². The van der Waals surface area contributed by atoms with Crippen molar-refractivity contribution in [1.29, 1.82) is 0 Å². The number of amides is 1. The summed E-state index contributed by atoms with van der Waals surface area (Å²) in [5.74, 6) is 0.164. The average molecular weight is 225 g/mol. The van der Waals surface area contributed by atoms with E-state index in [9.17, 15) is 4.79 Å². The zero-order valence-electron chi connectivity index (χ0n) is 10.1. The topological polar surface area (TPSA) is 53.2 Å². The monoisotopic (exact) mass is 225 g/mol. The van der Waals surface area contributed by atoms with Crippen LogP contribution in [0, 0.1) is 0 Å². The zero-order valence-corrected chi connectivity index (χ0v) is 10.1. The summed E-state index contributed by atoms with van der Waals surface area (Å²) in [7, 11) is 0. The van der Waals surface area contributed by atoms with Gasteiger partial charge in [0.05, 0.1) is 6.04 Å². The molecule has 1 atom stereocenters. The molecule has 1 saturated heterocycles. The highest BCUT2D eigenvalue weighted by atomic mass is 16.2. The van der Waals surface area contributed by atoms with Crippen molar-refractivity contribution in [2.45, 2.75) is 50.6 Å². The van der Waals surface area contributed by atoms with E-state index in [1.807, 2.05) is 0 Å². The first kappa shape index (κ1) is 11.9. The van der Waals surface area contributed by atoms with Crippen molar-refractivity contribution < 1.29 is 4.79 Å². The molecule has 0 spiro atoms. The molecule has 2 rings (SSSR count). The van der Waals surface area contributed by atoms with Crippen LogP contribution in [0.15, 0.2) is 0 Å². The Bertz CT molecular complexity index is 243. The summed E-state index contributed by atoms with van der Waals surface area (Å²) >= 11 is 0. The van der Waals surface area contributed by atoms with Gasteiger partial charge in [0.15, 0.2) is 0 Å². The first-order chi connectivity index (χ1) is 7.70. The molecule has 2 aliphatic rings. The van der Waals surface area contributed by atoms with E-state index in [0.29, 0.717) is 0 Å². The van der Waals surface area contributed by atoms with Gasteiger partial charge in [-0.1, -0.05) is 19.3 Å². The standard InChI is InChI=1S/C12H23N3O/c1-12(5-3-2-4-6-12)15-11(16)10-9-13-7-8-14-10/h10,13-14H,2-9H2,1H3,(H,15,16). The quantitative estimate of drug-likeness (QED) is 0.637. The molecule has 0 radical (unpaired) electrons. The van der Waals surface area contributed by atoms with E-state index in [1.54, 1.807) is 0 Å². The Labute approximate surface area is 97.6 Å². The van der Waals surface area contributed by atoms with Crippen LogP contribution in [0.1, 0.15) is 39.0 Å². The van der Waals surface area contributed by atoms with Gasteiger partial charge in [-0.25, -0.2) is 0 Å². The SMILES string of the molecule is CC1(NC(=O)C2CNCCN2)CCCCC1. The van der Waals surface area contributed by atoms with Gasteiger partial charge in [-0.2, -0.15) is 0 Å². The fraction of sp³-hybridized carbons (Fsp3) is 0.917. The number of hydrogen-bond donors (Lipinski definition) is 3. The molecule has 1 heterocycles. The highest BCUT2D eigenvalue weighted by Crippen LogP contribution is 2.27. The maximum Gasteiger partial charge on any atom is 0.238 e. The van der Waals surface area contributed by atoms with Gasteiger partial charge < -0.3 is 16.0 Å². The third kappa shape index (κ3) is 2.95. The minimum atomic E-state index is -0.0486. The number of hydrogen-bond acceptors (Lipinski definition) is 3. The Balaban J connectivity index is 1.85. The van der Waals surface area contributed by atoms with Gasteiger partial charge in [0.2, 0.25) is 5.91 Å². The highest BCUT2D eigenvalue weighted by Gasteiger charge is 2.31. The van der Waals surface area contributed by atoms with Crippen molar-refractivity contribution in [3.63, 3.8) is 0 Å². The molecule has 0 aromatic rings. The molecular weight excluding hydrogens is 202 g/mol. The van der Waals surface area contributed by atoms with Gasteiger partial charge in [0.25, 0.3) is 0 Å². The molecule has 0 bridgehead atoms. The van der Waals surface area contributed by atoms with Crippen molar-refractivity contribution in [2.24, 2.45) is 0 Å². The summed E-state index contributed by atoms with van der Waals surface area (Å²) < 4.78 is 0. The Morgan fingerprint density at radius 1 is 1.25 bits per heavy atom. The number of carbonyl (C=O) groups is 1. The Morgan fingerprint density at radius 2 is 2.00 bits per heavy atom. The molecule has 1 aliphatic carbocycles. The molecule has 4 heteroatoms. The lowest BCUT2D eigenvalue weighted by Gasteiger charge is -2.36. The van der Waals surface area contributed by atoms with Crippen molar-refractivity contribution in [3.8, 4) is 0 Å². The van der Waals surface area contributed by atoms with Crippen LogP contribution in [-0.2, 0) is 4.79 Å². The van der Waals surface area contributed by atoms with Crippen molar-refractivity contribution in [3.05, 3.63) is 0 Å². The van der Waals surface area contributed by atoms with Crippen LogP contribution in [0.5, 0.6) is 0 Å². The van der Waals surface area contributed by atoms with Gasteiger partial charge in [-0.05, 0) is 19.8 Å². The van der Waals surface area contributed by atoms with Crippen molar-refractivity contribution >= 4 is 5.91 Å². The number of carbonyl (C=O) groups excluding carboxylic acids is 1. The van der Waals surface area contributed by atoms with E-state index < -0.39 is 0 Å². The van der Waals surface area contributed by atoms with E-state index in [1.165, 1.54) is 19.3 Å². The Morgan fingerprint density at radius 3 is 2.62 bits per heavy atom. The lowest BCUT2D eigenvalue weighted by atomic mass is 9.83. The van der Waals surface area contributed by atoms with Gasteiger partial charge in [0, 0.05) is 25.2 Å². The molecule has 1 aliphatic heterocycles. The van der Waals surface area contributed by atoms with E-state index in [4.69, 9.17) is 0 Å². The number of nitrogens with one attached hydrogen (secondary N) is 3. The molecule has 1 amide bonds. The molecule has 0 aromatic heterocycles. The fourth-order valence-electron chi connectivity index (χ4n) is 2.68. The predicted octanol–water partition coefficient (Wildman–Crippen LogP) is 0.387. The molecule has 0 aromatic carbocycles. The smallest absolute Gasteiger partial charge is 0.238 e. The highest BCUT2D eigenvalue weighted by molar-refractivity contribution is 5.82. The molecule has 16 heavy (non-hydrogen) atoms. The summed E-state index contributed by atoms with van der Waals surface area (Å²) in [6, 6.07) is -0.0486. The second-order valence-electron chi connectivity index (χ2n) is 5.32. The van der Waals surface area contributed by atoms with E-state index in [2.05, 4.69) is 22.9 Å². The summed E-state index contributed by atoms with van der Waals surface area (Å²) in [5.41, 5.74) is 0.0362. The van der Waals surface area contributed by atoms with Crippen LogP contribution in [0.2, 0.25) is 0 Å². The normalized spacial score (nSPS) is 29.7. The van der Waals surface area contributed by atoms with Crippen LogP contribution in [-0.4, -0.2) is 37.1 Å². The molecule has 2 fully saturated rings. The average Bonchev–Trinajstić information content (AvgIpc) is 2.30. The minimum Gasteiger partial charge on any atom is -0.350 e. The summed E-state index contributed by atoms with van der Waals surface area (Å²) in [5, 5.41) is 9.72. The van der Waals surface area contributed by atoms with Crippen molar-refractivity contribution in [1.82, 2.24) is 16.0 Å². The van der Waals surface area contributed by atoms with E-state index in [0.717, 1.165) is 32.5 Å². The van der Waals surface area contributed by atoms with Crippen LogP contribution in [0.4, 0.5) is 0 Å². The second-order valence-corrected chi connectivity index (χ2v) is 5.32. The Kier molecular flexibility index (Phi) is 3.82. The van der Waals surface area contributed by atoms with Crippen LogP contribution in [0.3, 0.4) is 0 Å². The first-order valence-electron chi connectivity index (χ1n) is 6.46. The van der Waals surface area contributed by atoms with E-state index in [-0.39, 0.29) is 17.5 Å². The third-order valence-corrected chi connectivity index (χ3v) is 3.74. The Hall–Kier alpha value is -0.610. The van der Waals surface area contributed by atoms with Crippen molar-refractivity contribution in [2.75, 3.05) is 19.6 Å². The largest absolute Gasteiger partial charge is 0.350 e. The van der Waals surface area contributed by atoms with Crippen LogP contribution >= 0.6 is 0 Å². The summed E-state index contributed by atoms with van der Waals surface area (Å²) in [6.45, 7) is 4.78. The minimum absolute atomic E-state index is 0.0362. The predicted molar refractivity (Wildman–Crippen MR) is 64.3 cm³/mol. The van der Waals surface area contributed by atoms with Crippen LogP contribution in [0.25, 0.3) is 0 Å². The van der Waals surface area contributed by atoms with Crippen LogP contribution < -0.4 is 16.0 Å². The van der Waals surface area contributed by atoms with Gasteiger partial charge in [-0.15, -0.1) is 0 Å². The third-order valence-electron chi connectivity index (χ3n) is 3.74. The number of rotatable bonds is 2. The molecule has 3 N–H and O–H groups in total. The maximum absolute atomic E-state index is 12.1. The lowest BCUT2D eigenvalue weighted by molar-refractivity contribution is -0.125. The maximum atomic E-state index is 12.1. The molecule has 92 valence electrons. The van der Waals surface area contributed by atoms with Gasteiger partial charge >= 0.3 is 0 Å². The second kappa shape index (κ2) is 5.15. The zero-order chi connectivity index (χ0) is 11.4. The molecule has 4 nitrogen and oxygen atoms in total. The first-order valence-corrected chi connectivity index (χ1v) is 6.46. The summed E-state index contributed by atoms with van der Waals surface area (Å²) in [4.78, 5) is 12.1. The fourth-order valence-corrected chi connectivity index (χ4v) is 2.68.